The van der Waals surface area contributed by atoms with E-state index in [0.29, 0.717) is 10.3 Å². The zero-order valence-corrected chi connectivity index (χ0v) is 15.8. The predicted molar refractivity (Wildman–Crippen MR) is 90.2 cm³/mol. The molecule has 0 aliphatic heterocycles. The maximum Gasteiger partial charge on any atom is 0.243 e. The summed E-state index contributed by atoms with van der Waals surface area (Å²) in [5.74, 6) is 0. The third-order valence-electron chi connectivity index (χ3n) is 2.86. The van der Waals surface area contributed by atoms with Crippen molar-refractivity contribution in [2.75, 3.05) is 0 Å². The second kappa shape index (κ2) is 6.43. The van der Waals surface area contributed by atoms with Crippen LogP contribution in [-0.2, 0) is 16.6 Å². The number of sulfonamides is 1. The van der Waals surface area contributed by atoms with Crippen LogP contribution >= 0.6 is 38.6 Å². The Kier molecular flexibility index (Phi) is 5.22. The molecule has 9 heteroatoms. The summed E-state index contributed by atoms with van der Waals surface area (Å²) in [5, 5.41) is 0.927. The lowest BCUT2D eigenvalue weighted by Crippen LogP contribution is -2.26. The van der Waals surface area contributed by atoms with Gasteiger partial charge in [-0.15, -0.1) is 22.7 Å². The molecule has 0 fully saturated rings. The number of thiophene rings is 1. The van der Waals surface area contributed by atoms with Crippen LogP contribution in [0.5, 0.6) is 0 Å². The summed E-state index contributed by atoms with van der Waals surface area (Å²) >= 11 is 6.13. The zero-order chi connectivity index (χ0) is 15.8. The van der Waals surface area contributed by atoms with E-state index in [1.807, 2.05) is 20.8 Å². The second-order valence-corrected chi connectivity index (χ2v) is 9.95. The van der Waals surface area contributed by atoms with E-state index >= 15 is 0 Å². The molecule has 2 aromatic heterocycles. The number of hydrogen-bond donors (Lipinski definition) is 2. The Bertz CT molecular complexity index is 752. The van der Waals surface area contributed by atoms with Gasteiger partial charge in [0.2, 0.25) is 10.0 Å². The molecule has 0 aromatic carbocycles. The number of hydrogen-bond acceptors (Lipinski definition) is 6. The van der Waals surface area contributed by atoms with Crippen molar-refractivity contribution < 1.29 is 8.42 Å². The number of aryl methyl sites for hydroxylation is 2. The number of nitrogens with zero attached hydrogens (tertiary/aromatic N) is 1. The smallest absolute Gasteiger partial charge is 0.243 e. The summed E-state index contributed by atoms with van der Waals surface area (Å²) < 4.78 is 28.3. The number of thiazole rings is 1. The molecule has 0 aliphatic rings. The van der Waals surface area contributed by atoms with Crippen molar-refractivity contribution in [3.63, 3.8) is 0 Å². The van der Waals surface area contributed by atoms with E-state index in [2.05, 4.69) is 25.6 Å². The standard InChI is InChI=1S/C12H16BrN3O2S3/c1-6-11(19-8(3)15-6)7(2)16-21(17,18)10-4-9(5-14)20-12(10)13/h4,7,16H,5,14H2,1-3H3. The highest BCUT2D eigenvalue weighted by molar-refractivity contribution is 9.11. The van der Waals surface area contributed by atoms with Gasteiger partial charge in [-0.1, -0.05) is 0 Å². The van der Waals surface area contributed by atoms with Crippen LogP contribution in [0.3, 0.4) is 0 Å². The molecule has 1 atom stereocenters. The third kappa shape index (κ3) is 3.72. The number of aromatic nitrogens is 1. The van der Waals surface area contributed by atoms with Crippen molar-refractivity contribution in [2.45, 2.75) is 38.3 Å². The maximum atomic E-state index is 12.5. The van der Waals surface area contributed by atoms with E-state index in [4.69, 9.17) is 5.73 Å². The van der Waals surface area contributed by atoms with E-state index < -0.39 is 10.0 Å². The van der Waals surface area contributed by atoms with Crippen LogP contribution in [-0.4, -0.2) is 13.4 Å². The van der Waals surface area contributed by atoms with Crippen LogP contribution in [0.4, 0.5) is 0 Å². The minimum Gasteiger partial charge on any atom is -0.326 e. The van der Waals surface area contributed by atoms with Gasteiger partial charge in [-0.25, -0.2) is 18.1 Å². The summed E-state index contributed by atoms with van der Waals surface area (Å²) in [5.41, 5.74) is 6.42. The van der Waals surface area contributed by atoms with Gasteiger partial charge >= 0.3 is 0 Å². The molecule has 0 saturated carbocycles. The van der Waals surface area contributed by atoms with E-state index in [9.17, 15) is 8.42 Å². The summed E-state index contributed by atoms with van der Waals surface area (Å²) in [7, 11) is -3.60. The van der Waals surface area contributed by atoms with Crippen LogP contribution in [0.15, 0.2) is 14.7 Å². The Morgan fingerprint density at radius 1 is 1.43 bits per heavy atom. The fraction of sp³-hybridized carbons (Fsp3) is 0.417. The van der Waals surface area contributed by atoms with Crippen LogP contribution in [0, 0.1) is 13.8 Å². The highest BCUT2D eigenvalue weighted by Crippen LogP contribution is 2.33. The highest BCUT2D eigenvalue weighted by atomic mass is 79.9. The summed E-state index contributed by atoms with van der Waals surface area (Å²) in [6, 6.07) is 1.28. The molecule has 2 rings (SSSR count). The molecule has 2 aromatic rings. The molecule has 0 radical (unpaired) electrons. The molecular weight excluding hydrogens is 394 g/mol. The first kappa shape index (κ1) is 17.0. The van der Waals surface area contributed by atoms with Gasteiger partial charge in [0.25, 0.3) is 0 Å². The minimum absolute atomic E-state index is 0.235. The molecule has 0 spiro atoms. The van der Waals surface area contributed by atoms with Gasteiger partial charge in [-0.2, -0.15) is 0 Å². The van der Waals surface area contributed by atoms with Gasteiger partial charge < -0.3 is 5.73 Å². The third-order valence-corrected chi connectivity index (χ3v) is 7.93. The average molecular weight is 410 g/mol. The Balaban J connectivity index is 2.28. The van der Waals surface area contributed by atoms with Gasteiger partial charge in [-0.3, -0.25) is 0 Å². The number of halogens is 1. The van der Waals surface area contributed by atoms with Gasteiger partial charge in [-0.05, 0) is 42.8 Å². The monoisotopic (exact) mass is 409 g/mol. The van der Waals surface area contributed by atoms with Crippen molar-refractivity contribution in [2.24, 2.45) is 5.73 Å². The number of nitrogens with two attached hydrogens (primary N) is 1. The summed E-state index contributed by atoms with van der Waals surface area (Å²) in [6.45, 7) is 5.94. The van der Waals surface area contributed by atoms with E-state index in [0.717, 1.165) is 20.5 Å². The molecule has 0 amide bonds. The quantitative estimate of drug-likeness (QED) is 0.794. The van der Waals surface area contributed by atoms with Crippen LogP contribution in [0.25, 0.3) is 0 Å². The van der Waals surface area contributed by atoms with E-state index in [-0.39, 0.29) is 10.9 Å². The van der Waals surface area contributed by atoms with Crippen LogP contribution < -0.4 is 10.5 Å². The SMILES string of the molecule is Cc1nc(C)c(C(C)NS(=O)(=O)c2cc(CN)sc2Br)s1. The Hall–Kier alpha value is -0.320. The van der Waals surface area contributed by atoms with Gasteiger partial charge in [0, 0.05) is 16.3 Å². The Morgan fingerprint density at radius 2 is 2.10 bits per heavy atom. The molecule has 5 nitrogen and oxygen atoms in total. The van der Waals surface area contributed by atoms with Gasteiger partial charge in [0.05, 0.1) is 20.5 Å². The van der Waals surface area contributed by atoms with Gasteiger partial charge in [0.1, 0.15) is 4.90 Å². The molecule has 0 aliphatic carbocycles. The fourth-order valence-electron chi connectivity index (χ4n) is 1.98. The normalized spacial score (nSPS) is 13.6. The van der Waals surface area contributed by atoms with Crippen LogP contribution in [0.2, 0.25) is 0 Å². The van der Waals surface area contributed by atoms with Crippen molar-refractivity contribution in [1.82, 2.24) is 9.71 Å². The second-order valence-electron chi connectivity index (χ2n) is 4.58. The largest absolute Gasteiger partial charge is 0.326 e. The van der Waals surface area contributed by atoms with Crippen molar-refractivity contribution in [3.05, 3.63) is 30.3 Å². The van der Waals surface area contributed by atoms with Crippen molar-refractivity contribution >= 4 is 48.6 Å². The predicted octanol–water partition coefficient (Wildman–Crippen LogP) is 3.08. The fourth-order valence-corrected chi connectivity index (χ4v) is 6.76. The molecule has 21 heavy (non-hydrogen) atoms. The molecule has 3 N–H and O–H groups in total. The average Bonchev–Trinajstić information content (AvgIpc) is 2.91. The lowest BCUT2D eigenvalue weighted by molar-refractivity contribution is 0.568. The molecule has 1 unspecified atom stereocenters. The molecular formula is C12H16BrN3O2S3. The topological polar surface area (TPSA) is 85.1 Å². The molecule has 0 saturated heterocycles. The van der Waals surface area contributed by atoms with E-state index in [1.165, 1.54) is 22.7 Å². The minimum atomic E-state index is -3.60. The van der Waals surface area contributed by atoms with Crippen LogP contribution in [0.1, 0.15) is 33.4 Å². The molecule has 116 valence electrons. The lowest BCUT2D eigenvalue weighted by atomic mass is 10.2. The Morgan fingerprint density at radius 3 is 2.57 bits per heavy atom. The number of nitrogens with one attached hydrogen (secondary N) is 1. The maximum absolute atomic E-state index is 12.5. The molecule has 2 heterocycles. The first-order chi connectivity index (χ1) is 9.74. The summed E-state index contributed by atoms with van der Waals surface area (Å²) in [4.78, 5) is 6.32. The summed E-state index contributed by atoms with van der Waals surface area (Å²) in [6.07, 6.45) is 0. The molecule has 0 bridgehead atoms. The van der Waals surface area contributed by atoms with Crippen molar-refractivity contribution in [1.29, 1.82) is 0 Å². The highest BCUT2D eigenvalue weighted by Gasteiger charge is 2.25. The Labute approximate surface area is 140 Å². The van der Waals surface area contributed by atoms with Gasteiger partial charge in [0.15, 0.2) is 0 Å². The zero-order valence-electron chi connectivity index (χ0n) is 11.8. The number of rotatable bonds is 5. The lowest BCUT2D eigenvalue weighted by Gasteiger charge is -2.13. The van der Waals surface area contributed by atoms with Crippen molar-refractivity contribution in [3.8, 4) is 0 Å². The first-order valence-corrected chi connectivity index (χ1v) is 10.1. The first-order valence-electron chi connectivity index (χ1n) is 6.19. The van der Waals surface area contributed by atoms with E-state index in [1.54, 1.807) is 6.07 Å².